The molecular formula is C22H20O4. The van der Waals surface area contributed by atoms with Crippen molar-refractivity contribution >= 4 is 22.8 Å². The lowest BCUT2D eigenvalue weighted by Crippen LogP contribution is -2.00. The summed E-state index contributed by atoms with van der Waals surface area (Å²) in [5, 5.41) is 2.17. The van der Waals surface area contributed by atoms with Gasteiger partial charge in [0.25, 0.3) is 0 Å². The van der Waals surface area contributed by atoms with E-state index >= 15 is 0 Å². The van der Waals surface area contributed by atoms with Gasteiger partial charge in [-0.25, -0.2) is 4.79 Å². The zero-order valence-electron chi connectivity index (χ0n) is 14.8. The van der Waals surface area contributed by atoms with Crippen molar-refractivity contribution in [1.29, 1.82) is 0 Å². The molecule has 0 spiro atoms. The van der Waals surface area contributed by atoms with Crippen molar-refractivity contribution in [3.8, 4) is 11.5 Å². The van der Waals surface area contributed by atoms with E-state index in [1.54, 1.807) is 20.3 Å². The molecule has 0 N–H and O–H groups in total. The first kappa shape index (κ1) is 17.5. The smallest absolute Gasteiger partial charge is 0.331 e. The molecule has 0 aliphatic carbocycles. The van der Waals surface area contributed by atoms with Crippen molar-refractivity contribution in [2.75, 3.05) is 14.2 Å². The monoisotopic (exact) mass is 348 g/mol. The summed E-state index contributed by atoms with van der Waals surface area (Å²) in [6, 6.07) is 19.3. The van der Waals surface area contributed by atoms with E-state index in [2.05, 4.69) is 0 Å². The standard InChI is InChI=1S/C22H20O4/c1-24-20-9-4-17(5-10-20)15-26-22(23)12-6-16-3-7-19-14-21(25-2)11-8-18(19)13-16/h3-14H,15H2,1-2H3/b12-6+. The van der Waals surface area contributed by atoms with Gasteiger partial charge in [-0.05, 0) is 58.3 Å². The van der Waals surface area contributed by atoms with Gasteiger partial charge in [0.2, 0.25) is 0 Å². The largest absolute Gasteiger partial charge is 0.497 e. The van der Waals surface area contributed by atoms with Crippen molar-refractivity contribution < 1.29 is 19.0 Å². The Morgan fingerprint density at radius 3 is 2.23 bits per heavy atom. The third kappa shape index (κ3) is 4.42. The fraction of sp³-hybridized carbons (Fsp3) is 0.136. The van der Waals surface area contributed by atoms with Crippen LogP contribution in [0.5, 0.6) is 11.5 Å². The zero-order chi connectivity index (χ0) is 18.4. The quantitative estimate of drug-likeness (QED) is 0.482. The highest BCUT2D eigenvalue weighted by Crippen LogP contribution is 2.22. The van der Waals surface area contributed by atoms with Crippen LogP contribution in [0.15, 0.2) is 66.7 Å². The van der Waals surface area contributed by atoms with E-state index in [9.17, 15) is 4.79 Å². The molecule has 0 aliphatic rings. The van der Waals surface area contributed by atoms with Crippen LogP contribution < -0.4 is 9.47 Å². The number of carbonyl (C=O) groups is 1. The Hall–Kier alpha value is -3.27. The molecule has 3 aromatic rings. The minimum absolute atomic E-state index is 0.227. The average molecular weight is 348 g/mol. The Kier molecular flexibility index (Phi) is 5.54. The summed E-state index contributed by atoms with van der Waals surface area (Å²) >= 11 is 0. The van der Waals surface area contributed by atoms with Crippen LogP contribution in [-0.4, -0.2) is 20.2 Å². The van der Waals surface area contributed by atoms with E-state index in [1.165, 1.54) is 6.08 Å². The van der Waals surface area contributed by atoms with Gasteiger partial charge in [-0.3, -0.25) is 0 Å². The van der Waals surface area contributed by atoms with Gasteiger partial charge in [0, 0.05) is 6.08 Å². The number of ether oxygens (including phenoxy) is 3. The highest BCUT2D eigenvalue weighted by atomic mass is 16.5. The first-order valence-electron chi connectivity index (χ1n) is 8.23. The fourth-order valence-corrected chi connectivity index (χ4v) is 2.56. The normalized spacial score (nSPS) is 10.8. The topological polar surface area (TPSA) is 44.8 Å². The molecule has 0 radical (unpaired) electrons. The van der Waals surface area contributed by atoms with Crippen LogP contribution in [0.1, 0.15) is 11.1 Å². The molecule has 0 aromatic heterocycles. The lowest BCUT2D eigenvalue weighted by Gasteiger charge is -2.04. The second-order valence-corrected chi connectivity index (χ2v) is 5.76. The first-order chi connectivity index (χ1) is 12.7. The number of carbonyl (C=O) groups excluding carboxylic acids is 1. The number of hydrogen-bond acceptors (Lipinski definition) is 4. The van der Waals surface area contributed by atoms with Crippen LogP contribution in [0.2, 0.25) is 0 Å². The molecule has 4 nitrogen and oxygen atoms in total. The fourth-order valence-electron chi connectivity index (χ4n) is 2.56. The second-order valence-electron chi connectivity index (χ2n) is 5.76. The van der Waals surface area contributed by atoms with E-state index in [4.69, 9.17) is 14.2 Å². The molecule has 0 heterocycles. The van der Waals surface area contributed by atoms with Crippen molar-refractivity contribution in [3.05, 3.63) is 77.9 Å². The van der Waals surface area contributed by atoms with Gasteiger partial charge in [0.15, 0.2) is 0 Å². The van der Waals surface area contributed by atoms with Crippen molar-refractivity contribution in [3.63, 3.8) is 0 Å². The molecule has 0 atom stereocenters. The second kappa shape index (κ2) is 8.21. The van der Waals surface area contributed by atoms with E-state index < -0.39 is 0 Å². The first-order valence-corrected chi connectivity index (χ1v) is 8.23. The molecule has 0 bridgehead atoms. The zero-order valence-corrected chi connectivity index (χ0v) is 14.8. The third-order valence-corrected chi connectivity index (χ3v) is 4.02. The van der Waals surface area contributed by atoms with Gasteiger partial charge in [-0.1, -0.05) is 30.3 Å². The molecule has 132 valence electrons. The Balaban J connectivity index is 1.61. The van der Waals surface area contributed by atoms with E-state index in [1.807, 2.05) is 60.7 Å². The minimum Gasteiger partial charge on any atom is -0.497 e. The molecule has 3 rings (SSSR count). The highest BCUT2D eigenvalue weighted by molar-refractivity contribution is 5.90. The maximum absolute atomic E-state index is 11.9. The number of benzene rings is 3. The van der Waals surface area contributed by atoms with Crippen LogP contribution in [0.3, 0.4) is 0 Å². The number of fused-ring (bicyclic) bond motifs is 1. The maximum Gasteiger partial charge on any atom is 0.331 e. The Morgan fingerprint density at radius 1 is 0.846 bits per heavy atom. The highest BCUT2D eigenvalue weighted by Gasteiger charge is 2.01. The maximum atomic E-state index is 11.9. The van der Waals surface area contributed by atoms with E-state index in [0.717, 1.165) is 33.4 Å². The van der Waals surface area contributed by atoms with Gasteiger partial charge < -0.3 is 14.2 Å². The number of hydrogen-bond donors (Lipinski definition) is 0. The van der Waals surface area contributed by atoms with Crippen LogP contribution in [-0.2, 0) is 16.1 Å². The molecular weight excluding hydrogens is 328 g/mol. The van der Waals surface area contributed by atoms with Gasteiger partial charge in [0.1, 0.15) is 18.1 Å². The van der Waals surface area contributed by atoms with Gasteiger partial charge in [-0.2, -0.15) is 0 Å². The molecule has 3 aromatic carbocycles. The molecule has 0 aliphatic heterocycles. The minimum atomic E-state index is -0.379. The summed E-state index contributed by atoms with van der Waals surface area (Å²) in [6.45, 7) is 0.227. The van der Waals surface area contributed by atoms with Gasteiger partial charge in [0.05, 0.1) is 14.2 Å². The molecule has 0 amide bonds. The lowest BCUT2D eigenvalue weighted by molar-refractivity contribution is -0.138. The van der Waals surface area contributed by atoms with Crippen LogP contribution >= 0.6 is 0 Å². The predicted molar refractivity (Wildman–Crippen MR) is 102 cm³/mol. The van der Waals surface area contributed by atoms with Gasteiger partial charge >= 0.3 is 5.97 Å². The molecule has 26 heavy (non-hydrogen) atoms. The summed E-state index contributed by atoms with van der Waals surface area (Å²) < 4.78 is 15.6. The Bertz CT molecular complexity index is 927. The molecule has 0 saturated carbocycles. The number of methoxy groups -OCH3 is 2. The number of esters is 1. The summed E-state index contributed by atoms with van der Waals surface area (Å²) in [6.07, 6.45) is 3.19. The van der Waals surface area contributed by atoms with E-state index in [0.29, 0.717) is 0 Å². The lowest BCUT2D eigenvalue weighted by atomic mass is 10.1. The molecule has 0 saturated heterocycles. The summed E-state index contributed by atoms with van der Waals surface area (Å²) in [7, 11) is 3.26. The average Bonchev–Trinajstić information content (AvgIpc) is 2.70. The van der Waals surface area contributed by atoms with Crippen LogP contribution in [0.25, 0.3) is 16.8 Å². The van der Waals surface area contributed by atoms with Crippen LogP contribution in [0, 0.1) is 0 Å². The predicted octanol–water partition coefficient (Wildman–Crippen LogP) is 4.61. The van der Waals surface area contributed by atoms with E-state index in [-0.39, 0.29) is 12.6 Å². The Labute approximate surface area is 152 Å². The van der Waals surface area contributed by atoms with Crippen molar-refractivity contribution in [2.45, 2.75) is 6.61 Å². The summed E-state index contributed by atoms with van der Waals surface area (Å²) in [4.78, 5) is 11.9. The SMILES string of the molecule is COc1ccc(COC(=O)/C=C/c2ccc3cc(OC)ccc3c2)cc1. The molecule has 0 unspecified atom stereocenters. The van der Waals surface area contributed by atoms with Gasteiger partial charge in [-0.15, -0.1) is 0 Å². The molecule has 0 fully saturated rings. The number of rotatable bonds is 6. The molecule has 4 heteroatoms. The summed E-state index contributed by atoms with van der Waals surface area (Å²) in [5.74, 6) is 1.22. The van der Waals surface area contributed by atoms with Crippen LogP contribution in [0.4, 0.5) is 0 Å². The summed E-state index contributed by atoms with van der Waals surface area (Å²) in [5.41, 5.74) is 1.84. The van der Waals surface area contributed by atoms with Crippen molar-refractivity contribution in [2.24, 2.45) is 0 Å². The third-order valence-electron chi connectivity index (χ3n) is 4.02. The van der Waals surface area contributed by atoms with Crippen molar-refractivity contribution in [1.82, 2.24) is 0 Å². The Morgan fingerprint density at radius 2 is 1.50 bits per heavy atom.